The number of ether oxygens (including phenoxy) is 1. The molecule has 1 fully saturated rings. The van der Waals surface area contributed by atoms with Gasteiger partial charge in [-0.3, -0.25) is 9.69 Å². The number of esters is 1. The quantitative estimate of drug-likeness (QED) is 0.393. The zero-order chi connectivity index (χ0) is 18.8. The third-order valence-electron chi connectivity index (χ3n) is 5.79. The average Bonchev–Trinajstić information content (AvgIpc) is 2.68. The molecule has 0 spiro atoms. The Bertz CT molecular complexity index is 516. The second-order valence-corrected chi connectivity index (χ2v) is 7.60. The fraction of sp³-hybridized carbons (Fsp3) is 0.696. The van der Waals surface area contributed by atoms with E-state index in [1.54, 1.807) is 0 Å². The predicted molar refractivity (Wildman–Crippen MR) is 108 cm³/mol. The summed E-state index contributed by atoms with van der Waals surface area (Å²) in [5.74, 6) is 0.0272. The topological polar surface area (TPSA) is 29.5 Å². The lowest BCUT2D eigenvalue weighted by atomic mass is 9.85. The molecule has 3 nitrogen and oxygen atoms in total. The molecule has 1 aliphatic heterocycles. The van der Waals surface area contributed by atoms with Crippen molar-refractivity contribution in [3.05, 3.63) is 35.9 Å². The van der Waals surface area contributed by atoms with Crippen LogP contribution in [0, 0.1) is 5.92 Å². The zero-order valence-corrected chi connectivity index (χ0v) is 17.0. The van der Waals surface area contributed by atoms with E-state index in [4.69, 9.17) is 4.74 Å². The molecule has 0 amide bonds. The number of hydrogen-bond acceptors (Lipinski definition) is 3. The van der Waals surface area contributed by atoms with Gasteiger partial charge in [-0.15, -0.1) is 0 Å². The second kappa shape index (κ2) is 11.4. The van der Waals surface area contributed by atoms with Crippen LogP contribution in [-0.2, 0) is 9.53 Å². The van der Waals surface area contributed by atoms with Crippen LogP contribution in [0.4, 0.5) is 0 Å². The first-order chi connectivity index (χ1) is 12.7. The minimum atomic E-state index is 0.0123. The summed E-state index contributed by atoms with van der Waals surface area (Å²) >= 11 is 0. The van der Waals surface area contributed by atoms with E-state index in [9.17, 15) is 4.79 Å². The standard InChI is InChI=1S/C23H37NO2/c1-4-6-7-11-16-21(23(25)26-5-2)22-17-12-13-18-24(22)19(3)20-14-9-8-10-15-20/h8-10,14-15,19,21-22H,4-7,11-13,16-18H2,1-3H3/t19-,21+,22+/m0/s1. The molecule has 1 heterocycles. The molecule has 2 rings (SSSR count). The summed E-state index contributed by atoms with van der Waals surface area (Å²) in [5, 5.41) is 0. The lowest BCUT2D eigenvalue weighted by molar-refractivity contribution is -0.152. The fourth-order valence-corrected chi connectivity index (χ4v) is 4.32. The smallest absolute Gasteiger partial charge is 0.310 e. The third-order valence-corrected chi connectivity index (χ3v) is 5.79. The van der Waals surface area contributed by atoms with E-state index in [2.05, 4.69) is 49.1 Å². The highest BCUT2D eigenvalue weighted by Gasteiger charge is 2.37. The molecule has 0 unspecified atom stereocenters. The summed E-state index contributed by atoms with van der Waals surface area (Å²) in [7, 11) is 0. The Balaban J connectivity index is 2.14. The highest BCUT2D eigenvalue weighted by molar-refractivity contribution is 5.73. The van der Waals surface area contributed by atoms with E-state index < -0.39 is 0 Å². The normalized spacial score (nSPS) is 20.5. The van der Waals surface area contributed by atoms with Crippen LogP contribution in [0.3, 0.4) is 0 Å². The van der Waals surface area contributed by atoms with Gasteiger partial charge in [0.25, 0.3) is 0 Å². The summed E-state index contributed by atoms with van der Waals surface area (Å²) < 4.78 is 5.48. The fourth-order valence-electron chi connectivity index (χ4n) is 4.32. The molecular formula is C23H37NO2. The number of hydrogen-bond donors (Lipinski definition) is 0. The maximum Gasteiger partial charge on any atom is 0.310 e. The van der Waals surface area contributed by atoms with Crippen molar-refractivity contribution in [2.75, 3.05) is 13.2 Å². The Kier molecular flexibility index (Phi) is 9.17. The molecular weight excluding hydrogens is 322 g/mol. The van der Waals surface area contributed by atoms with E-state index in [1.165, 1.54) is 37.7 Å². The van der Waals surface area contributed by atoms with Gasteiger partial charge in [0.1, 0.15) is 0 Å². The van der Waals surface area contributed by atoms with Crippen molar-refractivity contribution < 1.29 is 9.53 Å². The van der Waals surface area contributed by atoms with Crippen molar-refractivity contribution >= 4 is 5.97 Å². The van der Waals surface area contributed by atoms with Crippen molar-refractivity contribution in [1.82, 2.24) is 4.90 Å². The number of piperidine rings is 1. The molecule has 26 heavy (non-hydrogen) atoms. The molecule has 0 bridgehead atoms. The van der Waals surface area contributed by atoms with Crippen LogP contribution >= 0.6 is 0 Å². The number of carbonyl (C=O) groups is 1. The molecule has 0 aliphatic carbocycles. The summed E-state index contributed by atoms with van der Waals surface area (Å²) in [5.41, 5.74) is 1.34. The summed E-state index contributed by atoms with van der Waals surface area (Å²) in [4.78, 5) is 15.3. The maximum atomic E-state index is 12.8. The monoisotopic (exact) mass is 359 g/mol. The van der Waals surface area contributed by atoms with Gasteiger partial charge < -0.3 is 4.74 Å². The Hall–Kier alpha value is -1.35. The lowest BCUT2D eigenvalue weighted by Gasteiger charge is -2.43. The van der Waals surface area contributed by atoms with E-state index in [0.717, 1.165) is 25.8 Å². The van der Waals surface area contributed by atoms with Crippen LogP contribution in [0.1, 0.15) is 83.7 Å². The molecule has 1 saturated heterocycles. The highest BCUT2D eigenvalue weighted by Crippen LogP contribution is 2.34. The van der Waals surface area contributed by atoms with Crippen molar-refractivity contribution in [1.29, 1.82) is 0 Å². The number of likely N-dealkylation sites (tertiary alicyclic amines) is 1. The SMILES string of the molecule is CCCCCC[C@@H](C(=O)OCC)[C@H]1CCCCN1[C@@H](C)c1ccccc1. The maximum absolute atomic E-state index is 12.8. The van der Waals surface area contributed by atoms with Crippen LogP contribution in [0.25, 0.3) is 0 Å². The first-order valence-corrected chi connectivity index (χ1v) is 10.7. The van der Waals surface area contributed by atoms with E-state index in [-0.39, 0.29) is 11.9 Å². The minimum absolute atomic E-state index is 0.0123. The van der Waals surface area contributed by atoms with Gasteiger partial charge in [0, 0.05) is 12.1 Å². The summed E-state index contributed by atoms with van der Waals surface area (Å²) in [6.07, 6.45) is 9.33. The van der Waals surface area contributed by atoms with Gasteiger partial charge >= 0.3 is 5.97 Å². The Morgan fingerprint density at radius 1 is 1.15 bits per heavy atom. The van der Waals surface area contributed by atoms with Crippen LogP contribution in [-0.4, -0.2) is 30.1 Å². The van der Waals surface area contributed by atoms with Crippen molar-refractivity contribution in [3.8, 4) is 0 Å². The molecule has 146 valence electrons. The van der Waals surface area contributed by atoms with Crippen molar-refractivity contribution in [2.24, 2.45) is 5.92 Å². The molecule has 1 aliphatic rings. The molecule has 1 aromatic rings. The zero-order valence-electron chi connectivity index (χ0n) is 17.0. The van der Waals surface area contributed by atoms with Crippen LogP contribution in [0.15, 0.2) is 30.3 Å². The molecule has 3 heteroatoms. The van der Waals surface area contributed by atoms with Gasteiger partial charge in [0.05, 0.1) is 12.5 Å². The van der Waals surface area contributed by atoms with Crippen LogP contribution in [0.5, 0.6) is 0 Å². The Morgan fingerprint density at radius 2 is 1.92 bits per heavy atom. The first kappa shape index (κ1) is 21.0. The Labute approximate surface area is 160 Å². The lowest BCUT2D eigenvalue weighted by Crippen LogP contribution is -2.48. The average molecular weight is 360 g/mol. The predicted octanol–water partition coefficient (Wildman–Crippen LogP) is 5.75. The van der Waals surface area contributed by atoms with Crippen LogP contribution in [0.2, 0.25) is 0 Å². The first-order valence-electron chi connectivity index (χ1n) is 10.7. The summed E-state index contributed by atoms with van der Waals surface area (Å²) in [6, 6.07) is 11.3. The summed E-state index contributed by atoms with van der Waals surface area (Å²) in [6.45, 7) is 7.98. The van der Waals surface area contributed by atoms with Gasteiger partial charge in [-0.05, 0) is 45.2 Å². The van der Waals surface area contributed by atoms with Gasteiger partial charge in [-0.1, -0.05) is 69.4 Å². The van der Waals surface area contributed by atoms with Gasteiger partial charge in [0.15, 0.2) is 0 Å². The third kappa shape index (κ3) is 5.84. The van der Waals surface area contributed by atoms with Gasteiger partial charge in [-0.25, -0.2) is 0 Å². The van der Waals surface area contributed by atoms with Crippen LogP contribution < -0.4 is 0 Å². The minimum Gasteiger partial charge on any atom is -0.466 e. The van der Waals surface area contributed by atoms with E-state index in [1.807, 2.05) is 6.92 Å². The number of carbonyl (C=O) groups excluding carboxylic acids is 1. The molecule has 0 saturated carbocycles. The molecule has 1 aromatic carbocycles. The van der Waals surface area contributed by atoms with E-state index >= 15 is 0 Å². The number of rotatable bonds is 10. The van der Waals surface area contributed by atoms with Crippen molar-refractivity contribution in [2.45, 2.75) is 84.2 Å². The number of nitrogens with zero attached hydrogens (tertiary/aromatic N) is 1. The molecule has 0 radical (unpaired) electrons. The molecule has 0 N–H and O–H groups in total. The van der Waals surface area contributed by atoms with Gasteiger partial charge in [-0.2, -0.15) is 0 Å². The number of unbranched alkanes of at least 4 members (excludes halogenated alkanes) is 3. The molecule has 3 atom stereocenters. The van der Waals surface area contributed by atoms with Crippen molar-refractivity contribution in [3.63, 3.8) is 0 Å². The molecule has 0 aromatic heterocycles. The van der Waals surface area contributed by atoms with Gasteiger partial charge in [0.2, 0.25) is 0 Å². The number of benzene rings is 1. The Morgan fingerprint density at radius 3 is 2.62 bits per heavy atom. The van der Waals surface area contributed by atoms with E-state index in [0.29, 0.717) is 18.7 Å². The highest BCUT2D eigenvalue weighted by atomic mass is 16.5. The largest absolute Gasteiger partial charge is 0.466 e. The second-order valence-electron chi connectivity index (χ2n) is 7.60.